The summed E-state index contributed by atoms with van der Waals surface area (Å²) >= 11 is 0. The lowest BCUT2D eigenvalue weighted by Gasteiger charge is -2.41. The van der Waals surface area contributed by atoms with Crippen molar-refractivity contribution in [3.63, 3.8) is 0 Å². The van der Waals surface area contributed by atoms with Crippen molar-refractivity contribution in [2.45, 2.75) is 71.1 Å². The minimum atomic E-state index is -0.455. The second-order valence-electron chi connectivity index (χ2n) is 8.02. The number of piperazine rings is 1. The SMILES string of the molecule is CCc1cc(F)cc(C(=O)N2CCN(C(=O)C(C)OC3CCCC3)[C@H](C)C2)c1. The van der Waals surface area contributed by atoms with Gasteiger partial charge < -0.3 is 14.5 Å². The smallest absolute Gasteiger partial charge is 0.254 e. The van der Waals surface area contributed by atoms with Gasteiger partial charge in [-0.2, -0.15) is 0 Å². The second kappa shape index (κ2) is 9.03. The maximum Gasteiger partial charge on any atom is 0.254 e. The van der Waals surface area contributed by atoms with Crippen molar-refractivity contribution in [3.05, 3.63) is 35.1 Å². The highest BCUT2D eigenvalue weighted by Gasteiger charge is 2.33. The summed E-state index contributed by atoms with van der Waals surface area (Å²) in [7, 11) is 0. The van der Waals surface area contributed by atoms with E-state index in [0.717, 1.165) is 18.4 Å². The first-order valence-corrected chi connectivity index (χ1v) is 10.4. The molecular formula is C22H31FN2O3. The van der Waals surface area contributed by atoms with Crippen molar-refractivity contribution < 1.29 is 18.7 Å². The van der Waals surface area contributed by atoms with Gasteiger partial charge in [-0.15, -0.1) is 0 Å². The maximum absolute atomic E-state index is 13.8. The van der Waals surface area contributed by atoms with E-state index in [1.807, 2.05) is 25.7 Å². The van der Waals surface area contributed by atoms with E-state index >= 15 is 0 Å². The van der Waals surface area contributed by atoms with Gasteiger partial charge in [0.15, 0.2) is 0 Å². The lowest BCUT2D eigenvalue weighted by molar-refractivity contribution is -0.150. The van der Waals surface area contributed by atoms with Gasteiger partial charge >= 0.3 is 0 Å². The average Bonchev–Trinajstić information content (AvgIpc) is 3.19. The van der Waals surface area contributed by atoms with Crippen LogP contribution in [-0.4, -0.2) is 59.5 Å². The molecule has 1 aromatic carbocycles. The molecule has 0 N–H and O–H groups in total. The van der Waals surface area contributed by atoms with Gasteiger partial charge in [0.2, 0.25) is 0 Å². The number of amides is 2. The van der Waals surface area contributed by atoms with Gasteiger partial charge in [0, 0.05) is 31.2 Å². The predicted octanol–water partition coefficient (Wildman–Crippen LogP) is 3.41. The van der Waals surface area contributed by atoms with Crippen LogP contribution in [0.1, 0.15) is 62.4 Å². The molecule has 5 nitrogen and oxygen atoms in total. The molecule has 0 radical (unpaired) electrons. The Labute approximate surface area is 166 Å². The van der Waals surface area contributed by atoms with Crippen LogP contribution in [0.4, 0.5) is 4.39 Å². The lowest BCUT2D eigenvalue weighted by atomic mass is 10.1. The monoisotopic (exact) mass is 390 g/mol. The van der Waals surface area contributed by atoms with Crippen LogP contribution in [0.5, 0.6) is 0 Å². The third-order valence-electron chi connectivity index (χ3n) is 5.86. The maximum atomic E-state index is 13.8. The van der Waals surface area contributed by atoms with Crippen molar-refractivity contribution in [2.24, 2.45) is 0 Å². The molecule has 2 atom stereocenters. The summed E-state index contributed by atoms with van der Waals surface area (Å²) in [5.74, 6) is -0.573. The van der Waals surface area contributed by atoms with Crippen molar-refractivity contribution in [1.29, 1.82) is 0 Å². The van der Waals surface area contributed by atoms with Gasteiger partial charge in [-0.3, -0.25) is 9.59 Å². The Morgan fingerprint density at radius 2 is 1.93 bits per heavy atom. The Bertz CT molecular complexity index is 718. The zero-order chi connectivity index (χ0) is 20.3. The summed E-state index contributed by atoms with van der Waals surface area (Å²) in [5, 5.41) is 0. The molecule has 1 aliphatic heterocycles. The highest BCUT2D eigenvalue weighted by atomic mass is 19.1. The molecule has 6 heteroatoms. The first-order chi connectivity index (χ1) is 13.4. The zero-order valence-electron chi connectivity index (χ0n) is 17.1. The van der Waals surface area contributed by atoms with Gasteiger partial charge in [-0.25, -0.2) is 4.39 Å². The number of carbonyl (C=O) groups excluding carboxylic acids is 2. The molecule has 2 aliphatic rings. The summed E-state index contributed by atoms with van der Waals surface area (Å²) in [6.07, 6.45) is 4.81. The van der Waals surface area contributed by atoms with Crippen molar-refractivity contribution >= 4 is 11.8 Å². The normalized spacial score (nSPS) is 21.8. The predicted molar refractivity (Wildman–Crippen MR) is 106 cm³/mol. The fourth-order valence-corrected chi connectivity index (χ4v) is 4.23. The largest absolute Gasteiger partial charge is 0.365 e. The number of ether oxygens (including phenoxy) is 1. The Morgan fingerprint density at radius 3 is 2.57 bits per heavy atom. The third kappa shape index (κ3) is 4.72. The molecule has 2 fully saturated rings. The Balaban J connectivity index is 1.60. The van der Waals surface area contributed by atoms with Crippen molar-refractivity contribution in [2.75, 3.05) is 19.6 Å². The molecule has 1 saturated carbocycles. The minimum absolute atomic E-state index is 0.00877. The van der Waals surface area contributed by atoms with Gasteiger partial charge in [-0.1, -0.05) is 19.8 Å². The number of hydrogen-bond donors (Lipinski definition) is 0. The standard InChI is InChI=1S/C22H31FN2O3/c1-4-17-11-18(13-19(23)12-17)22(27)24-9-10-25(15(2)14-24)21(26)16(3)28-20-7-5-6-8-20/h11-13,15-16,20H,4-10,14H2,1-3H3/t15-,16?/m1/s1. The fourth-order valence-electron chi connectivity index (χ4n) is 4.23. The molecular weight excluding hydrogens is 359 g/mol. The van der Waals surface area contributed by atoms with Crippen LogP contribution in [0.3, 0.4) is 0 Å². The van der Waals surface area contributed by atoms with Crippen LogP contribution in [0, 0.1) is 5.82 Å². The Morgan fingerprint density at radius 1 is 1.21 bits per heavy atom. The summed E-state index contributed by atoms with van der Waals surface area (Å²) in [5.41, 5.74) is 1.19. The van der Waals surface area contributed by atoms with Crippen molar-refractivity contribution in [3.8, 4) is 0 Å². The van der Waals surface area contributed by atoms with Crippen LogP contribution in [0.15, 0.2) is 18.2 Å². The van der Waals surface area contributed by atoms with Crippen LogP contribution < -0.4 is 0 Å². The highest BCUT2D eigenvalue weighted by Crippen LogP contribution is 2.23. The number of carbonyl (C=O) groups is 2. The van der Waals surface area contributed by atoms with Crippen LogP contribution in [-0.2, 0) is 16.0 Å². The molecule has 28 heavy (non-hydrogen) atoms. The Hall–Kier alpha value is -1.95. The number of aryl methyl sites for hydroxylation is 1. The number of benzene rings is 1. The van der Waals surface area contributed by atoms with Gasteiger partial charge in [0.25, 0.3) is 11.8 Å². The molecule has 1 aliphatic carbocycles. The summed E-state index contributed by atoms with van der Waals surface area (Å²) in [6, 6.07) is 4.41. The molecule has 0 bridgehead atoms. The quantitative estimate of drug-likeness (QED) is 0.774. The summed E-state index contributed by atoms with van der Waals surface area (Å²) in [4.78, 5) is 29.2. The molecule has 3 rings (SSSR count). The van der Waals surface area contributed by atoms with E-state index in [0.29, 0.717) is 31.6 Å². The molecule has 154 valence electrons. The molecule has 1 aromatic rings. The number of halogens is 1. The molecule has 0 spiro atoms. The molecule has 1 heterocycles. The van der Waals surface area contributed by atoms with Crippen LogP contribution in [0.25, 0.3) is 0 Å². The molecule has 1 saturated heterocycles. The first-order valence-electron chi connectivity index (χ1n) is 10.4. The Kier molecular flexibility index (Phi) is 6.70. The van der Waals surface area contributed by atoms with Crippen molar-refractivity contribution in [1.82, 2.24) is 9.80 Å². The van der Waals surface area contributed by atoms with E-state index in [2.05, 4.69) is 0 Å². The van der Waals surface area contributed by atoms with E-state index in [1.54, 1.807) is 11.0 Å². The summed E-state index contributed by atoms with van der Waals surface area (Å²) < 4.78 is 19.7. The number of nitrogens with zero attached hydrogens (tertiary/aromatic N) is 2. The zero-order valence-corrected chi connectivity index (χ0v) is 17.1. The van der Waals surface area contributed by atoms with Gasteiger partial charge in [-0.05, 0) is 56.9 Å². The van der Waals surface area contributed by atoms with Gasteiger partial charge in [0.05, 0.1) is 6.10 Å². The topological polar surface area (TPSA) is 49.9 Å². The lowest BCUT2D eigenvalue weighted by Crippen LogP contribution is -2.57. The minimum Gasteiger partial charge on any atom is -0.365 e. The average molecular weight is 390 g/mol. The van der Waals surface area contributed by atoms with Gasteiger partial charge in [0.1, 0.15) is 11.9 Å². The number of rotatable bonds is 5. The first kappa shape index (κ1) is 20.8. The second-order valence-corrected chi connectivity index (χ2v) is 8.02. The highest BCUT2D eigenvalue weighted by molar-refractivity contribution is 5.94. The van der Waals surface area contributed by atoms with E-state index in [1.165, 1.54) is 25.0 Å². The number of hydrogen-bond acceptors (Lipinski definition) is 3. The van der Waals surface area contributed by atoms with E-state index in [-0.39, 0.29) is 29.8 Å². The third-order valence-corrected chi connectivity index (χ3v) is 5.86. The van der Waals surface area contributed by atoms with E-state index < -0.39 is 6.10 Å². The summed E-state index contributed by atoms with van der Waals surface area (Å²) in [6.45, 7) is 7.07. The van der Waals surface area contributed by atoms with Crippen LogP contribution >= 0.6 is 0 Å². The molecule has 1 unspecified atom stereocenters. The molecule has 0 aromatic heterocycles. The fraction of sp³-hybridized carbons (Fsp3) is 0.636. The molecule has 2 amide bonds. The van der Waals surface area contributed by atoms with E-state index in [9.17, 15) is 14.0 Å². The van der Waals surface area contributed by atoms with E-state index in [4.69, 9.17) is 4.74 Å². The van der Waals surface area contributed by atoms with Crippen LogP contribution in [0.2, 0.25) is 0 Å².